The number of nitrogens with zero attached hydrogens (tertiary/aromatic N) is 4. The van der Waals surface area contributed by atoms with E-state index in [0.29, 0.717) is 26.2 Å². The summed E-state index contributed by atoms with van der Waals surface area (Å²) in [6, 6.07) is 0. The average molecular weight is 290 g/mol. The zero-order chi connectivity index (χ0) is 14.8. The maximum absolute atomic E-state index is 12.4. The molecule has 20 heavy (non-hydrogen) atoms. The number of alkyl halides is 3. The minimum Gasteiger partial charge on any atom is -0.387 e. The van der Waals surface area contributed by atoms with Crippen LogP contribution in [0, 0.1) is 0 Å². The first-order valence-electron chi connectivity index (χ1n) is 5.94. The van der Waals surface area contributed by atoms with Crippen molar-refractivity contribution in [1.29, 1.82) is 0 Å². The molecule has 1 aromatic rings. The summed E-state index contributed by atoms with van der Waals surface area (Å²) in [5, 5.41) is 8.74. The van der Waals surface area contributed by atoms with E-state index >= 15 is 0 Å². The van der Waals surface area contributed by atoms with Crippen LogP contribution in [0.2, 0.25) is 0 Å². The molecule has 0 saturated carbocycles. The molecule has 0 atom stereocenters. The molecular weight excluding hydrogens is 277 g/mol. The summed E-state index contributed by atoms with van der Waals surface area (Å²) in [5.74, 6) is -0.160. The number of halogens is 3. The third kappa shape index (κ3) is 3.16. The number of carbonyl (C=O) groups is 1. The summed E-state index contributed by atoms with van der Waals surface area (Å²) in [4.78, 5) is 21.9. The van der Waals surface area contributed by atoms with Gasteiger partial charge in [0.25, 0.3) is 0 Å². The van der Waals surface area contributed by atoms with Crippen molar-refractivity contribution in [2.24, 2.45) is 0 Å². The summed E-state index contributed by atoms with van der Waals surface area (Å²) in [7, 11) is 0. The minimum atomic E-state index is -4.45. The van der Waals surface area contributed by atoms with Crippen molar-refractivity contribution in [3.8, 4) is 0 Å². The van der Waals surface area contributed by atoms with Crippen molar-refractivity contribution in [2.75, 3.05) is 37.7 Å². The van der Waals surface area contributed by atoms with Crippen molar-refractivity contribution in [2.45, 2.75) is 6.18 Å². The summed E-state index contributed by atoms with van der Waals surface area (Å²) in [6.45, 7) is 1.04. The predicted octanol–water partition coefficient (Wildman–Crippen LogP) is 0.136. The third-order valence-electron chi connectivity index (χ3n) is 3.02. The van der Waals surface area contributed by atoms with Crippen LogP contribution < -0.4 is 4.90 Å². The molecule has 2 heterocycles. The number of carbonyl (C=O) groups excluding carboxylic acids is 1. The molecule has 1 aliphatic heterocycles. The lowest BCUT2D eigenvalue weighted by molar-refractivity contribution is -0.138. The number of amides is 1. The Morgan fingerprint density at radius 3 is 2.20 bits per heavy atom. The molecule has 0 bridgehead atoms. The predicted molar refractivity (Wildman–Crippen MR) is 62.9 cm³/mol. The van der Waals surface area contributed by atoms with Gasteiger partial charge in [-0.15, -0.1) is 0 Å². The van der Waals surface area contributed by atoms with Crippen LogP contribution >= 0.6 is 0 Å². The van der Waals surface area contributed by atoms with Gasteiger partial charge in [-0.25, -0.2) is 9.97 Å². The van der Waals surface area contributed by atoms with E-state index in [2.05, 4.69) is 9.97 Å². The van der Waals surface area contributed by atoms with E-state index in [1.165, 1.54) is 4.90 Å². The van der Waals surface area contributed by atoms with Crippen LogP contribution in [-0.4, -0.2) is 58.7 Å². The summed E-state index contributed by atoms with van der Waals surface area (Å²) >= 11 is 0. The maximum Gasteiger partial charge on any atom is 0.419 e. The van der Waals surface area contributed by atoms with Crippen LogP contribution in [0.15, 0.2) is 12.4 Å². The molecule has 1 amide bonds. The van der Waals surface area contributed by atoms with Gasteiger partial charge >= 0.3 is 6.18 Å². The number of rotatable bonds is 2. The maximum atomic E-state index is 12.4. The first-order chi connectivity index (χ1) is 9.41. The first kappa shape index (κ1) is 14.5. The number of aliphatic hydroxyl groups excluding tert-OH is 1. The van der Waals surface area contributed by atoms with Crippen LogP contribution in [0.1, 0.15) is 5.56 Å². The van der Waals surface area contributed by atoms with Crippen LogP contribution in [0.25, 0.3) is 0 Å². The molecule has 6 nitrogen and oxygen atoms in total. The van der Waals surface area contributed by atoms with Crippen molar-refractivity contribution < 1.29 is 23.1 Å². The molecule has 1 aromatic heterocycles. The molecule has 1 aliphatic rings. The molecule has 9 heteroatoms. The third-order valence-corrected chi connectivity index (χ3v) is 3.02. The summed E-state index contributed by atoms with van der Waals surface area (Å²) in [5.41, 5.74) is -0.893. The number of aromatic nitrogens is 2. The SMILES string of the molecule is O=C(CO)N1CCN(c2ncc(C(F)(F)F)cn2)CC1. The Morgan fingerprint density at radius 2 is 1.75 bits per heavy atom. The van der Waals surface area contributed by atoms with Crippen LogP contribution in [0.5, 0.6) is 0 Å². The second-order valence-electron chi connectivity index (χ2n) is 4.30. The smallest absolute Gasteiger partial charge is 0.387 e. The van der Waals surface area contributed by atoms with E-state index in [-0.39, 0.29) is 11.9 Å². The molecule has 1 fully saturated rings. The number of piperazine rings is 1. The molecule has 2 rings (SSSR count). The minimum absolute atomic E-state index is 0.203. The molecule has 1 N–H and O–H groups in total. The van der Waals surface area contributed by atoms with E-state index in [1.54, 1.807) is 4.90 Å². The normalized spacial score (nSPS) is 16.4. The van der Waals surface area contributed by atoms with Crippen molar-refractivity contribution >= 4 is 11.9 Å². The highest BCUT2D eigenvalue weighted by atomic mass is 19.4. The Kier molecular flexibility index (Phi) is 4.07. The standard InChI is InChI=1S/C11H13F3N4O2/c12-11(13,14)8-5-15-10(16-6-8)18-3-1-17(2-4-18)9(20)7-19/h5-6,19H,1-4,7H2. The molecule has 0 aromatic carbocycles. The summed E-state index contributed by atoms with van der Waals surface area (Å²) in [6.07, 6.45) is -2.97. The fraction of sp³-hybridized carbons (Fsp3) is 0.545. The first-order valence-corrected chi connectivity index (χ1v) is 5.94. The Morgan fingerprint density at radius 1 is 1.20 bits per heavy atom. The Bertz CT molecular complexity index is 470. The Balaban J connectivity index is 1.99. The fourth-order valence-corrected chi connectivity index (χ4v) is 1.89. The van der Waals surface area contributed by atoms with E-state index in [0.717, 1.165) is 12.4 Å². The summed E-state index contributed by atoms with van der Waals surface area (Å²) < 4.78 is 37.1. The molecule has 0 spiro atoms. The quantitative estimate of drug-likeness (QED) is 0.839. The van der Waals surface area contributed by atoms with E-state index < -0.39 is 18.3 Å². The van der Waals surface area contributed by atoms with Gasteiger partial charge in [0.2, 0.25) is 11.9 Å². The van der Waals surface area contributed by atoms with Gasteiger partial charge in [-0.2, -0.15) is 13.2 Å². The van der Waals surface area contributed by atoms with Gasteiger partial charge in [0.15, 0.2) is 0 Å². The van der Waals surface area contributed by atoms with Crippen molar-refractivity contribution in [1.82, 2.24) is 14.9 Å². The van der Waals surface area contributed by atoms with Crippen LogP contribution in [0.4, 0.5) is 19.1 Å². The number of anilines is 1. The van der Waals surface area contributed by atoms with Crippen LogP contribution in [-0.2, 0) is 11.0 Å². The topological polar surface area (TPSA) is 69.6 Å². The molecule has 0 radical (unpaired) electrons. The largest absolute Gasteiger partial charge is 0.419 e. The second kappa shape index (κ2) is 5.61. The highest BCUT2D eigenvalue weighted by molar-refractivity contribution is 5.77. The molecule has 110 valence electrons. The van der Waals surface area contributed by atoms with Gasteiger partial charge in [0, 0.05) is 38.6 Å². The highest BCUT2D eigenvalue weighted by Gasteiger charge is 2.31. The van der Waals surface area contributed by atoms with Gasteiger partial charge in [0.05, 0.1) is 5.56 Å². The number of hydrogen-bond acceptors (Lipinski definition) is 5. The zero-order valence-corrected chi connectivity index (χ0v) is 10.5. The molecule has 1 saturated heterocycles. The van der Waals surface area contributed by atoms with Gasteiger partial charge < -0.3 is 14.9 Å². The van der Waals surface area contributed by atoms with Gasteiger partial charge in [-0.3, -0.25) is 4.79 Å². The number of aliphatic hydroxyl groups is 1. The van der Waals surface area contributed by atoms with Gasteiger partial charge in [0.1, 0.15) is 6.61 Å². The zero-order valence-electron chi connectivity index (χ0n) is 10.5. The van der Waals surface area contributed by atoms with Crippen molar-refractivity contribution in [3.63, 3.8) is 0 Å². The lowest BCUT2D eigenvalue weighted by Crippen LogP contribution is -2.50. The second-order valence-corrected chi connectivity index (χ2v) is 4.30. The highest BCUT2D eigenvalue weighted by Crippen LogP contribution is 2.28. The Labute approximate surface area is 112 Å². The lowest BCUT2D eigenvalue weighted by atomic mass is 10.3. The molecule has 0 unspecified atom stereocenters. The van der Waals surface area contributed by atoms with Gasteiger partial charge in [-0.05, 0) is 0 Å². The van der Waals surface area contributed by atoms with E-state index in [4.69, 9.17) is 5.11 Å². The fourth-order valence-electron chi connectivity index (χ4n) is 1.89. The number of hydrogen-bond donors (Lipinski definition) is 1. The molecule has 0 aliphatic carbocycles. The Hall–Kier alpha value is -1.90. The van der Waals surface area contributed by atoms with E-state index in [1.807, 2.05) is 0 Å². The van der Waals surface area contributed by atoms with E-state index in [9.17, 15) is 18.0 Å². The molecular formula is C11H13F3N4O2. The van der Waals surface area contributed by atoms with Crippen LogP contribution in [0.3, 0.4) is 0 Å². The van der Waals surface area contributed by atoms with Crippen molar-refractivity contribution in [3.05, 3.63) is 18.0 Å². The van der Waals surface area contributed by atoms with Gasteiger partial charge in [-0.1, -0.05) is 0 Å². The monoisotopic (exact) mass is 290 g/mol. The lowest BCUT2D eigenvalue weighted by Gasteiger charge is -2.34. The average Bonchev–Trinajstić information content (AvgIpc) is 2.46.